The van der Waals surface area contributed by atoms with Crippen LogP contribution in [0.25, 0.3) is 0 Å². The largest absolute Gasteiger partial charge is 0.375 e. The molecule has 110 valence electrons. The SMILES string of the molecule is CC1(C)CC(N2CCNCC2c2ccccc2)CCO1. The zero-order valence-corrected chi connectivity index (χ0v) is 12.6. The van der Waals surface area contributed by atoms with Gasteiger partial charge in [-0.15, -0.1) is 0 Å². The number of ether oxygens (including phenoxy) is 1. The fourth-order valence-electron chi connectivity index (χ4n) is 3.62. The van der Waals surface area contributed by atoms with E-state index < -0.39 is 0 Å². The second-order valence-corrected chi connectivity index (χ2v) is 6.62. The van der Waals surface area contributed by atoms with Crippen molar-refractivity contribution >= 4 is 0 Å². The van der Waals surface area contributed by atoms with E-state index in [1.165, 1.54) is 5.56 Å². The summed E-state index contributed by atoms with van der Waals surface area (Å²) in [5.41, 5.74) is 1.46. The number of nitrogens with one attached hydrogen (secondary N) is 1. The first-order chi connectivity index (χ1) is 9.66. The molecule has 1 N–H and O–H groups in total. The molecule has 2 heterocycles. The van der Waals surface area contributed by atoms with Gasteiger partial charge in [-0.3, -0.25) is 4.90 Å². The number of hydrogen-bond donors (Lipinski definition) is 1. The number of hydrogen-bond acceptors (Lipinski definition) is 3. The minimum atomic E-state index is 0.0228. The van der Waals surface area contributed by atoms with E-state index in [4.69, 9.17) is 4.74 Å². The summed E-state index contributed by atoms with van der Waals surface area (Å²) in [6.45, 7) is 8.63. The fourth-order valence-corrected chi connectivity index (χ4v) is 3.62. The Balaban J connectivity index is 1.79. The van der Waals surface area contributed by atoms with E-state index in [0.717, 1.165) is 39.1 Å². The maximum atomic E-state index is 5.89. The van der Waals surface area contributed by atoms with E-state index in [1.807, 2.05) is 0 Å². The first-order valence-corrected chi connectivity index (χ1v) is 7.81. The summed E-state index contributed by atoms with van der Waals surface area (Å²) in [7, 11) is 0. The standard InChI is InChI=1S/C17H26N2O/c1-17(2)12-15(8-11-20-17)19-10-9-18-13-16(19)14-6-4-3-5-7-14/h3-7,15-16,18H,8-13H2,1-2H3. The smallest absolute Gasteiger partial charge is 0.0641 e. The minimum Gasteiger partial charge on any atom is -0.375 e. The van der Waals surface area contributed by atoms with Crippen molar-refractivity contribution in [3.8, 4) is 0 Å². The van der Waals surface area contributed by atoms with Crippen LogP contribution in [0, 0.1) is 0 Å². The molecule has 0 bridgehead atoms. The van der Waals surface area contributed by atoms with Gasteiger partial charge in [-0.2, -0.15) is 0 Å². The molecule has 3 rings (SSSR count). The minimum absolute atomic E-state index is 0.0228. The third-order valence-corrected chi connectivity index (χ3v) is 4.61. The van der Waals surface area contributed by atoms with Gasteiger partial charge in [0.1, 0.15) is 0 Å². The van der Waals surface area contributed by atoms with Crippen molar-refractivity contribution < 1.29 is 4.74 Å². The summed E-state index contributed by atoms with van der Waals surface area (Å²) in [4.78, 5) is 2.70. The lowest BCUT2D eigenvalue weighted by atomic mass is 9.90. The van der Waals surface area contributed by atoms with Gasteiger partial charge in [-0.1, -0.05) is 30.3 Å². The maximum Gasteiger partial charge on any atom is 0.0641 e. The Morgan fingerprint density at radius 1 is 1.25 bits per heavy atom. The first-order valence-electron chi connectivity index (χ1n) is 7.81. The molecule has 2 unspecified atom stereocenters. The zero-order valence-electron chi connectivity index (χ0n) is 12.6. The van der Waals surface area contributed by atoms with E-state index in [1.54, 1.807) is 0 Å². The number of benzene rings is 1. The van der Waals surface area contributed by atoms with Crippen LogP contribution >= 0.6 is 0 Å². The lowest BCUT2D eigenvalue weighted by Gasteiger charge is -2.46. The molecule has 2 aliphatic rings. The van der Waals surface area contributed by atoms with Gasteiger partial charge in [0, 0.05) is 38.3 Å². The average Bonchev–Trinajstić information content (AvgIpc) is 2.47. The topological polar surface area (TPSA) is 24.5 Å². The Morgan fingerprint density at radius 3 is 2.80 bits per heavy atom. The molecule has 2 fully saturated rings. The van der Waals surface area contributed by atoms with E-state index in [9.17, 15) is 0 Å². The summed E-state index contributed by atoms with van der Waals surface area (Å²) in [5.74, 6) is 0. The molecule has 20 heavy (non-hydrogen) atoms. The van der Waals surface area contributed by atoms with Gasteiger partial charge in [0.25, 0.3) is 0 Å². The number of piperazine rings is 1. The predicted molar refractivity (Wildman–Crippen MR) is 81.8 cm³/mol. The zero-order chi connectivity index (χ0) is 14.0. The Hall–Kier alpha value is -0.900. The molecule has 3 heteroatoms. The highest BCUT2D eigenvalue weighted by Crippen LogP contribution is 2.33. The molecule has 1 aromatic carbocycles. The number of nitrogens with zero attached hydrogens (tertiary/aromatic N) is 1. The molecule has 2 saturated heterocycles. The van der Waals surface area contributed by atoms with Crippen LogP contribution in [0.2, 0.25) is 0 Å². The summed E-state index contributed by atoms with van der Waals surface area (Å²) in [6.07, 6.45) is 2.29. The molecule has 1 aromatic rings. The van der Waals surface area contributed by atoms with Crippen molar-refractivity contribution in [2.75, 3.05) is 26.2 Å². The summed E-state index contributed by atoms with van der Waals surface area (Å²) >= 11 is 0. The van der Waals surface area contributed by atoms with Crippen molar-refractivity contribution in [2.24, 2.45) is 0 Å². The molecule has 0 radical (unpaired) electrons. The van der Waals surface area contributed by atoms with Gasteiger partial charge in [0.05, 0.1) is 5.60 Å². The van der Waals surface area contributed by atoms with E-state index in [0.29, 0.717) is 12.1 Å². The lowest BCUT2D eigenvalue weighted by Crippen LogP contribution is -2.54. The normalized spacial score (nSPS) is 31.1. The van der Waals surface area contributed by atoms with Gasteiger partial charge >= 0.3 is 0 Å². The van der Waals surface area contributed by atoms with Crippen LogP contribution < -0.4 is 5.32 Å². The van der Waals surface area contributed by atoms with Gasteiger partial charge in [0.2, 0.25) is 0 Å². The van der Waals surface area contributed by atoms with Crippen LogP contribution in [-0.2, 0) is 4.74 Å². The monoisotopic (exact) mass is 274 g/mol. The second-order valence-electron chi connectivity index (χ2n) is 6.62. The predicted octanol–water partition coefficient (Wildman–Crippen LogP) is 2.59. The third-order valence-electron chi connectivity index (χ3n) is 4.61. The second kappa shape index (κ2) is 5.84. The summed E-state index contributed by atoms with van der Waals surface area (Å²) in [5, 5.41) is 3.55. The van der Waals surface area contributed by atoms with Gasteiger partial charge in [-0.25, -0.2) is 0 Å². The van der Waals surface area contributed by atoms with Crippen LogP contribution in [0.5, 0.6) is 0 Å². The van der Waals surface area contributed by atoms with Crippen molar-refractivity contribution in [3.05, 3.63) is 35.9 Å². The molecule has 0 saturated carbocycles. The molecule has 3 nitrogen and oxygen atoms in total. The van der Waals surface area contributed by atoms with Gasteiger partial charge in [0.15, 0.2) is 0 Å². The van der Waals surface area contributed by atoms with Crippen LogP contribution in [0.15, 0.2) is 30.3 Å². The van der Waals surface area contributed by atoms with Crippen LogP contribution in [0.3, 0.4) is 0 Å². The van der Waals surface area contributed by atoms with Crippen molar-refractivity contribution in [2.45, 2.75) is 44.4 Å². The van der Waals surface area contributed by atoms with Gasteiger partial charge in [-0.05, 0) is 32.3 Å². The lowest BCUT2D eigenvalue weighted by molar-refractivity contribution is -0.0918. The third kappa shape index (κ3) is 3.05. The van der Waals surface area contributed by atoms with E-state index in [2.05, 4.69) is 54.4 Å². The Morgan fingerprint density at radius 2 is 2.05 bits per heavy atom. The molecule has 2 atom stereocenters. The Bertz CT molecular complexity index is 432. The van der Waals surface area contributed by atoms with Crippen LogP contribution in [0.4, 0.5) is 0 Å². The molecule has 0 aliphatic carbocycles. The molecular formula is C17H26N2O. The molecule has 0 spiro atoms. The summed E-state index contributed by atoms with van der Waals surface area (Å²) < 4.78 is 5.89. The van der Waals surface area contributed by atoms with Crippen molar-refractivity contribution in [1.29, 1.82) is 0 Å². The van der Waals surface area contributed by atoms with Crippen LogP contribution in [-0.4, -0.2) is 42.8 Å². The quantitative estimate of drug-likeness (QED) is 0.897. The maximum absolute atomic E-state index is 5.89. The van der Waals surface area contributed by atoms with Crippen molar-refractivity contribution in [3.63, 3.8) is 0 Å². The fraction of sp³-hybridized carbons (Fsp3) is 0.647. The Kier molecular flexibility index (Phi) is 4.11. The Labute approximate surface area is 122 Å². The molecule has 0 amide bonds. The molecule has 2 aliphatic heterocycles. The molecule has 0 aromatic heterocycles. The molecular weight excluding hydrogens is 248 g/mol. The highest BCUT2D eigenvalue weighted by molar-refractivity contribution is 5.20. The highest BCUT2D eigenvalue weighted by atomic mass is 16.5. The van der Waals surface area contributed by atoms with Crippen LogP contribution in [0.1, 0.15) is 38.3 Å². The van der Waals surface area contributed by atoms with E-state index in [-0.39, 0.29) is 5.60 Å². The van der Waals surface area contributed by atoms with Gasteiger partial charge < -0.3 is 10.1 Å². The van der Waals surface area contributed by atoms with Crippen molar-refractivity contribution in [1.82, 2.24) is 10.2 Å². The average molecular weight is 274 g/mol. The first kappa shape index (κ1) is 14.1. The summed E-state index contributed by atoms with van der Waals surface area (Å²) in [6, 6.07) is 12.1. The highest BCUT2D eigenvalue weighted by Gasteiger charge is 2.36. The van der Waals surface area contributed by atoms with E-state index >= 15 is 0 Å². The number of rotatable bonds is 2.